The summed E-state index contributed by atoms with van der Waals surface area (Å²) in [6.07, 6.45) is 1.71. The summed E-state index contributed by atoms with van der Waals surface area (Å²) >= 11 is 0. The van der Waals surface area contributed by atoms with Gasteiger partial charge in [-0.3, -0.25) is 4.90 Å². The van der Waals surface area contributed by atoms with Crippen LogP contribution in [0.3, 0.4) is 0 Å². The number of hydrogen-bond acceptors (Lipinski definition) is 4. The van der Waals surface area contributed by atoms with Crippen LogP contribution in [-0.2, 0) is 14.6 Å². The van der Waals surface area contributed by atoms with Crippen LogP contribution in [0, 0.1) is 0 Å². The van der Waals surface area contributed by atoms with Crippen LogP contribution in [0.1, 0.15) is 6.92 Å². The Bertz CT molecular complexity index is 278. The van der Waals surface area contributed by atoms with E-state index in [1.54, 1.807) is 13.0 Å². The lowest BCUT2D eigenvalue weighted by Gasteiger charge is -2.24. The molecule has 0 radical (unpaired) electrons. The maximum absolute atomic E-state index is 11.1. The van der Waals surface area contributed by atoms with Crippen molar-refractivity contribution >= 4 is 9.84 Å². The topological polar surface area (TPSA) is 46.6 Å². The van der Waals surface area contributed by atoms with Gasteiger partial charge in [-0.2, -0.15) is 0 Å². The molecule has 0 unspecified atom stereocenters. The van der Waals surface area contributed by atoms with Crippen molar-refractivity contribution in [3.05, 3.63) is 11.5 Å². The molecule has 0 aromatic carbocycles. The quantitative estimate of drug-likeness (QED) is 0.681. The van der Waals surface area contributed by atoms with Crippen molar-refractivity contribution in [2.24, 2.45) is 0 Å². The van der Waals surface area contributed by atoms with Gasteiger partial charge < -0.3 is 4.74 Å². The first-order valence-electron chi connectivity index (χ1n) is 4.83. The second-order valence-corrected chi connectivity index (χ2v) is 5.41. The molecule has 0 saturated carbocycles. The van der Waals surface area contributed by atoms with E-state index in [2.05, 4.69) is 4.90 Å². The first-order chi connectivity index (χ1) is 6.64. The van der Waals surface area contributed by atoms with E-state index in [0.717, 1.165) is 26.3 Å². The fourth-order valence-electron chi connectivity index (χ4n) is 1.22. The molecule has 1 heterocycles. The summed E-state index contributed by atoms with van der Waals surface area (Å²) in [7, 11) is -2.96. The largest absolute Gasteiger partial charge is 0.379 e. The molecule has 0 aliphatic carbocycles. The van der Waals surface area contributed by atoms with Crippen molar-refractivity contribution in [2.75, 3.05) is 38.6 Å². The zero-order valence-corrected chi connectivity index (χ0v) is 9.29. The molecule has 0 bridgehead atoms. The second-order valence-electron chi connectivity index (χ2n) is 3.24. The highest BCUT2D eigenvalue weighted by Crippen LogP contribution is 1.98. The Morgan fingerprint density at radius 1 is 1.36 bits per heavy atom. The van der Waals surface area contributed by atoms with Crippen LogP contribution in [0.5, 0.6) is 0 Å². The van der Waals surface area contributed by atoms with Gasteiger partial charge in [-0.1, -0.05) is 13.0 Å². The fraction of sp³-hybridized carbons (Fsp3) is 0.778. The first kappa shape index (κ1) is 11.7. The van der Waals surface area contributed by atoms with E-state index in [1.165, 1.54) is 5.41 Å². The smallest absolute Gasteiger partial charge is 0.171 e. The molecule has 82 valence electrons. The summed E-state index contributed by atoms with van der Waals surface area (Å²) < 4.78 is 27.4. The predicted octanol–water partition coefficient (Wildman–Crippen LogP) is 0.267. The third-order valence-corrected chi connectivity index (χ3v) is 3.59. The van der Waals surface area contributed by atoms with E-state index in [0.29, 0.717) is 6.54 Å². The van der Waals surface area contributed by atoms with Gasteiger partial charge >= 0.3 is 0 Å². The van der Waals surface area contributed by atoms with E-state index < -0.39 is 9.84 Å². The third-order valence-electron chi connectivity index (χ3n) is 2.17. The summed E-state index contributed by atoms with van der Waals surface area (Å²) in [6, 6.07) is 0. The predicted molar refractivity (Wildman–Crippen MR) is 55.9 cm³/mol. The van der Waals surface area contributed by atoms with E-state index in [-0.39, 0.29) is 5.75 Å². The molecule has 0 N–H and O–H groups in total. The van der Waals surface area contributed by atoms with E-state index in [4.69, 9.17) is 4.74 Å². The van der Waals surface area contributed by atoms with Gasteiger partial charge in [-0.15, -0.1) is 0 Å². The summed E-state index contributed by atoms with van der Waals surface area (Å²) in [5, 5.41) is 1.31. The number of hydrogen-bond donors (Lipinski definition) is 0. The van der Waals surface area contributed by atoms with Gasteiger partial charge in [-0.05, 0) is 0 Å². The van der Waals surface area contributed by atoms with Gasteiger partial charge in [0.2, 0.25) is 0 Å². The van der Waals surface area contributed by atoms with Gasteiger partial charge in [0.25, 0.3) is 0 Å². The highest BCUT2D eigenvalue weighted by atomic mass is 32.2. The summed E-state index contributed by atoms with van der Waals surface area (Å²) in [5.41, 5.74) is 0. The number of nitrogens with zero attached hydrogens (tertiary/aromatic N) is 1. The molecule has 14 heavy (non-hydrogen) atoms. The maximum atomic E-state index is 11.1. The number of sulfone groups is 1. The lowest BCUT2D eigenvalue weighted by molar-refractivity contribution is 0.0434. The van der Waals surface area contributed by atoms with Gasteiger partial charge in [0, 0.05) is 25.0 Å². The van der Waals surface area contributed by atoms with Gasteiger partial charge in [0.15, 0.2) is 9.84 Å². The second kappa shape index (κ2) is 5.48. The normalized spacial score (nSPS) is 20.4. The van der Waals surface area contributed by atoms with Crippen molar-refractivity contribution in [2.45, 2.75) is 6.92 Å². The van der Waals surface area contributed by atoms with Crippen LogP contribution in [0.25, 0.3) is 0 Å². The van der Waals surface area contributed by atoms with Crippen molar-refractivity contribution in [1.29, 1.82) is 0 Å². The average molecular weight is 219 g/mol. The molecule has 0 aromatic rings. The lowest BCUT2D eigenvalue weighted by atomic mass is 10.4. The Morgan fingerprint density at radius 3 is 2.57 bits per heavy atom. The molecule has 5 heteroatoms. The van der Waals surface area contributed by atoms with Crippen LogP contribution < -0.4 is 0 Å². The van der Waals surface area contributed by atoms with E-state index >= 15 is 0 Å². The summed E-state index contributed by atoms with van der Waals surface area (Å²) in [4.78, 5) is 2.17. The van der Waals surface area contributed by atoms with Crippen molar-refractivity contribution in [3.63, 3.8) is 0 Å². The molecular formula is C9H17NO3S. The molecule has 1 rings (SSSR count). The van der Waals surface area contributed by atoms with Crippen molar-refractivity contribution in [1.82, 2.24) is 4.90 Å². The standard InChI is InChI=1S/C9H17NO3S/c1-2-14(11,12)9-3-4-10-5-7-13-8-6-10/h3,9H,2,4-8H2,1H3. The average Bonchev–Trinajstić information content (AvgIpc) is 2.19. The van der Waals surface area contributed by atoms with Crippen LogP contribution in [0.4, 0.5) is 0 Å². The zero-order chi connectivity index (χ0) is 10.4. The van der Waals surface area contributed by atoms with Crippen LogP contribution in [-0.4, -0.2) is 51.9 Å². The molecule has 0 atom stereocenters. The molecule has 1 fully saturated rings. The lowest BCUT2D eigenvalue weighted by Crippen LogP contribution is -2.36. The molecule has 1 aliphatic rings. The third kappa shape index (κ3) is 4.21. The van der Waals surface area contributed by atoms with Crippen LogP contribution in [0.15, 0.2) is 11.5 Å². The maximum Gasteiger partial charge on any atom is 0.171 e. The molecule has 4 nitrogen and oxygen atoms in total. The van der Waals surface area contributed by atoms with Crippen molar-refractivity contribution in [3.8, 4) is 0 Å². The minimum absolute atomic E-state index is 0.173. The van der Waals surface area contributed by atoms with Crippen LogP contribution in [0.2, 0.25) is 0 Å². The van der Waals surface area contributed by atoms with Gasteiger partial charge in [0.1, 0.15) is 0 Å². The SMILES string of the molecule is CCS(=O)(=O)C=CCN1CCOCC1. The Kier molecular flexibility index (Phi) is 4.57. The Balaban J connectivity index is 2.32. The number of rotatable bonds is 4. The molecular weight excluding hydrogens is 202 g/mol. The summed E-state index contributed by atoms with van der Waals surface area (Å²) in [5.74, 6) is 0.173. The minimum Gasteiger partial charge on any atom is -0.379 e. The Labute approximate surface area is 85.5 Å². The first-order valence-corrected chi connectivity index (χ1v) is 6.55. The molecule has 1 aliphatic heterocycles. The molecule has 0 spiro atoms. The van der Waals surface area contributed by atoms with E-state index in [9.17, 15) is 8.42 Å². The van der Waals surface area contributed by atoms with Crippen molar-refractivity contribution < 1.29 is 13.2 Å². The molecule has 1 saturated heterocycles. The zero-order valence-electron chi connectivity index (χ0n) is 8.48. The van der Waals surface area contributed by atoms with E-state index in [1.807, 2.05) is 0 Å². The Hall–Kier alpha value is -0.390. The van der Waals surface area contributed by atoms with Gasteiger partial charge in [0.05, 0.1) is 19.0 Å². The highest BCUT2D eigenvalue weighted by Gasteiger charge is 2.08. The molecule has 0 amide bonds. The Morgan fingerprint density at radius 2 is 2.00 bits per heavy atom. The summed E-state index contributed by atoms with van der Waals surface area (Å²) in [6.45, 7) is 5.60. The monoisotopic (exact) mass is 219 g/mol. The molecule has 0 aromatic heterocycles. The minimum atomic E-state index is -2.96. The number of morpholine rings is 1. The van der Waals surface area contributed by atoms with Crippen LogP contribution >= 0.6 is 0 Å². The highest BCUT2D eigenvalue weighted by molar-refractivity contribution is 7.94. The van der Waals surface area contributed by atoms with Gasteiger partial charge in [-0.25, -0.2) is 8.42 Å². The number of ether oxygens (including phenoxy) is 1. The fourth-order valence-corrected chi connectivity index (χ4v) is 1.79.